The average molecular weight is 276 g/mol. The molecule has 0 saturated carbocycles. The van der Waals surface area contributed by atoms with Crippen molar-refractivity contribution in [1.29, 1.82) is 0 Å². The van der Waals surface area contributed by atoms with E-state index in [9.17, 15) is 0 Å². The van der Waals surface area contributed by atoms with Crippen LogP contribution in [0.4, 0.5) is 0 Å². The van der Waals surface area contributed by atoms with Crippen molar-refractivity contribution in [3.8, 4) is 0 Å². The quantitative estimate of drug-likeness (QED) is 0.783. The van der Waals surface area contributed by atoms with E-state index < -0.39 is 0 Å². The fraction of sp³-hybridized carbons (Fsp3) is 0.562. The maximum Gasteiger partial charge on any atom is 0.137 e. The highest BCUT2D eigenvalue weighted by molar-refractivity contribution is 5.20. The number of rotatable bonds is 7. The van der Waals surface area contributed by atoms with Crippen molar-refractivity contribution in [3.05, 3.63) is 40.7 Å². The zero-order valence-electron chi connectivity index (χ0n) is 12.8. The highest BCUT2D eigenvalue weighted by atomic mass is 16.5. The second kappa shape index (κ2) is 6.75. The van der Waals surface area contributed by atoms with Crippen molar-refractivity contribution >= 4 is 0 Å². The van der Waals surface area contributed by atoms with Crippen molar-refractivity contribution in [3.63, 3.8) is 0 Å². The molecule has 2 aromatic heterocycles. The third kappa shape index (κ3) is 3.51. The van der Waals surface area contributed by atoms with Crippen LogP contribution >= 0.6 is 0 Å². The molecule has 0 aliphatic rings. The van der Waals surface area contributed by atoms with Gasteiger partial charge in [-0.1, -0.05) is 12.1 Å². The molecule has 2 rings (SSSR count). The third-order valence-corrected chi connectivity index (χ3v) is 3.69. The van der Waals surface area contributed by atoms with Gasteiger partial charge in [0.1, 0.15) is 17.3 Å². The lowest BCUT2D eigenvalue weighted by molar-refractivity contribution is 0.391. The molecule has 0 bridgehead atoms. The molecule has 2 aromatic rings. The molecule has 4 heteroatoms. The Morgan fingerprint density at radius 1 is 1.30 bits per heavy atom. The zero-order chi connectivity index (χ0) is 14.5. The minimum atomic E-state index is 0.250. The van der Waals surface area contributed by atoms with Gasteiger partial charge in [0.05, 0.1) is 11.7 Å². The Morgan fingerprint density at radius 2 is 2.10 bits per heavy atom. The van der Waals surface area contributed by atoms with E-state index in [2.05, 4.69) is 36.5 Å². The summed E-state index contributed by atoms with van der Waals surface area (Å²) in [5.74, 6) is 3.00. The van der Waals surface area contributed by atoms with Crippen LogP contribution in [0, 0.1) is 13.8 Å². The van der Waals surface area contributed by atoms with Gasteiger partial charge in [0.25, 0.3) is 0 Å². The van der Waals surface area contributed by atoms with Gasteiger partial charge < -0.3 is 14.3 Å². The lowest BCUT2D eigenvalue weighted by Crippen LogP contribution is -2.20. The molecule has 1 N–H and O–H groups in total. The Morgan fingerprint density at radius 3 is 2.70 bits per heavy atom. The van der Waals surface area contributed by atoms with E-state index >= 15 is 0 Å². The standard InChI is InChI=1S/C16H24N2O2/c1-5-14-8-9-16(19-14)12(3)17-10-6-7-15-11(2)18-20-13(15)4/h8-9,12,17H,5-7,10H2,1-4H3/t12-/m0/s1. The molecule has 0 saturated heterocycles. The maximum absolute atomic E-state index is 5.75. The van der Waals surface area contributed by atoms with Crippen molar-refractivity contribution in [1.82, 2.24) is 10.5 Å². The van der Waals surface area contributed by atoms with Crippen LogP contribution in [-0.2, 0) is 12.8 Å². The predicted octanol–water partition coefficient (Wildman–Crippen LogP) is 3.73. The van der Waals surface area contributed by atoms with Gasteiger partial charge >= 0.3 is 0 Å². The van der Waals surface area contributed by atoms with Crippen LogP contribution in [0.1, 0.15) is 54.8 Å². The highest BCUT2D eigenvalue weighted by Crippen LogP contribution is 2.17. The number of hydrogen-bond donors (Lipinski definition) is 1. The first-order chi connectivity index (χ1) is 9.61. The van der Waals surface area contributed by atoms with Crippen LogP contribution in [0.2, 0.25) is 0 Å². The Kier molecular flexibility index (Phi) is 5.01. The summed E-state index contributed by atoms with van der Waals surface area (Å²) < 4.78 is 10.9. The van der Waals surface area contributed by atoms with Gasteiger partial charge in [-0.25, -0.2) is 0 Å². The predicted molar refractivity (Wildman–Crippen MR) is 78.8 cm³/mol. The molecule has 2 heterocycles. The van der Waals surface area contributed by atoms with Crippen LogP contribution < -0.4 is 5.32 Å². The number of aromatic nitrogens is 1. The molecule has 1 atom stereocenters. The molecule has 0 amide bonds. The summed E-state index contributed by atoms with van der Waals surface area (Å²) in [6.45, 7) is 9.16. The number of nitrogens with zero attached hydrogens (tertiary/aromatic N) is 1. The fourth-order valence-corrected chi connectivity index (χ4v) is 2.36. The topological polar surface area (TPSA) is 51.2 Å². The second-order valence-corrected chi connectivity index (χ2v) is 5.24. The molecule has 20 heavy (non-hydrogen) atoms. The van der Waals surface area contributed by atoms with E-state index in [-0.39, 0.29) is 6.04 Å². The molecule has 0 aliphatic heterocycles. The van der Waals surface area contributed by atoms with Crippen LogP contribution in [0.25, 0.3) is 0 Å². The van der Waals surface area contributed by atoms with E-state index in [1.165, 1.54) is 5.56 Å². The Balaban J connectivity index is 1.75. The molecule has 110 valence electrons. The van der Waals surface area contributed by atoms with Crippen molar-refractivity contribution < 1.29 is 8.94 Å². The Labute approximate surface area is 120 Å². The molecule has 4 nitrogen and oxygen atoms in total. The third-order valence-electron chi connectivity index (χ3n) is 3.69. The van der Waals surface area contributed by atoms with E-state index in [1.807, 2.05) is 13.8 Å². The first kappa shape index (κ1) is 14.9. The molecule has 0 radical (unpaired) electrons. The zero-order valence-corrected chi connectivity index (χ0v) is 12.8. The lowest BCUT2D eigenvalue weighted by Gasteiger charge is -2.11. The SMILES string of the molecule is CCc1ccc([C@H](C)NCCCc2c(C)noc2C)o1. The Bertz CT molecular complexity index is 523. The van der Waals surface area contributed by atoms with Gasteiger partial charge in [-0.05, 0) is 52.3 Å². The largest absolute Gasteiger partial charge is 0.464 e. The van der Waals surface area contributed by atoms with E-state index in [0.29, 0.717) is 0 Å². The lowest BCUT2D eigenvalue weighted by atomic mass is 10.1. The molecule has 0 aromatic carbocycles. The maximum atomic E-state index is 5.75. The minimum Gasteiger partial charge on any atom is -0.464 e. The summed E-state index contributed by atoms with van der Waals surface area (Å²) in [7, 11) is 0. The summed E-state index contributed by atoms with van der Waals surface area (Å²) in [4.78, 5) is 0. The summed E-state index contributed by atoms with van der Waals surface area (Å²) in [5, 5.41) is 7.47. The number of nitrogens with one attached hydrogen (secondary N) is 1. The minimum absolute atomic E-state index is 0.250. The van der Waals surface area contributed by atoms with Gasteiger partial charge in [-0.2, -0.15) is 0 Å². The molecule has 0 fully saturated rings. The summed E-state index contributed by atoms with van der Waals surface area (Å²) >= 11 is 0. The molecular formula is C16H24N2O2. The van der Waals surface area contributed by atoms with Crippen molar-refractivity contribution in [2.75, 3.05) is 6.54 Å². The molecule has 0 unspecified atom stereocenters. The van der Waals surface area contributed by atoms with Gasteiger partial charge in [0.2, 0.25) is 0 Å². The molecule has 0 aliphatic carbocycles. The monoisotopic (exact) mass is 276 g/mol. The van der Waals surface area contributed by atoms with Crippen molar-refractivity contribution in [2.24, 2.45) is 0 Å². The summed E-state index contributed by atoms with van der Waals surface area (Å²) in [5.41, 5.74) is 2.25. The van der Waals surface area contributed by atoms with Crippen LogP contribution in [0.3, 0.4) is 0 Å². The van der Waals surface area contributed by atoms with Crippen LogP contribution in [-0.4, -0.2) is 11.7 Å². The normalized spacial score (nSPS) is 12.8. The first-order valence-electron chi connectivity index (χ1n) is 7.35. The van der Waals surface area contributed by atoms with Gasteiger partial charge in [-0.15, -0.1) is 0 Å². The smallest absolute Gasteiger partial charge is 0.137 e. The van der Waals surface area contributed by atoms with E-state index in [1.54, 1.807) is 0 Å². The van der Waals surface area contributed by atoms with Crippen LogP contribution in [0.5, 0.6) is 0 Å². The van der Waals surface area contributed by atoms with E-state index in [0.717, 1.165) is 48.8 Å². The summed E-state index contributed by atoms with van der Waals surface area (Å²) in [6.07, 6.45) is 3.01. The first-order valence-corrected chi connectivity index (χ1v) is 7.35. The van der Waals surface area contributed by atoms with Crippen LogP contribution in [0.15, 0.2) is 21.1 Å². The van der Waals surface area contributed by atoms with Gasteiger partial charge in [0.15, 0.2) is 0 Å². The average Bonchev–Trinajstić information content (AvgIpc) is 3.03. The van der Waals surface area contributed by atoms with E-state index in [4.69, 9.17) is 8.94 Å². The van der Waals surface area contributed by atoms with Crippen molar-refractivity contribution in [2.45, 2.75) is 53.0 Å². The highest BCUT2D eigenvalue weighted by Gasteiger charge is 2.11. The Hall–Kier alpha value is -1.55. The second-order valence-electron chi connectivity index (χ2n) is 5.24. The van der Waals surface area contributed by atoms with Gasteiger partial charge in [-0.3, -0.25) is 0 Å². The number of furan rings is 1. The van der Waals surface area contributed by atoms with Gasteiger partial charge in [0, 0.05) is 12.0 Å². The number of aryl methyl sites for hydroxylation is 3. The molecular weight excluding hydrogens is 252 g/mol. The fourth-order valence-electron chi connectivity index (χ4n) is 2.36. The number of hydrogen-bond acceptors (Lipinski definition) is 4. The summed E-state index contributed by atoms with van der Waals surface area (Å²) in [6, 6.07) is 4.36. The molecule has 0 spiro atoms.